The van der Waals surface area contributed by atoms with Crippen LogP contribution in [0, 0.1) is 0 Å². The highest BCUT2D eigenvalue weighted by molar-refractivity contribution is 6.40. The number of methoxy groups -OCH3 is 1. The van der Waals surface area contributed by atoms with E-state index in [1.54, 1.807) is 38.3 Å². The second-order valence-corrected chi connectivity index (χ2v) is 6.26. The first-order valence-corrected chi connectivity index (χ1v) is 9.22. The number of carbonyl (C=O) groups excluding carboxylic acids is 3. The van der Waals surface area contributed by atoms with Gasteiger partial charge in [0.15, 0.2) is 0 Å². The third kappa shape index (κ3) is 6.05. The van der Waals surface area contributed by atoms with Crippen molar-refractivity contribution >= 4 is 23.4 Å². The first-order valence-electron chi connectivity index (χ1n) is 9.22. The van der Waals surface area contributed by atoms with Crippen LogP contribution in [0.3, 0.4) is 0 Å². The average molecular weight is 399 g/mol. The molecule has 2 aromatic carbocycles. The molecule has 0 aliphatic heterocycles. The summed E-state index contributed by atoms with van der Waals surface area (Å²) in [5.41, 5.74) is 1.24. The van der Waals surface area contributed by atoms with Crippen molar-refractivity contribution in [3.8, 4) is 5.75 Å². The van der Waals surface area contributed by atoms with Gasteiger partial charge in [0.1, 0.15) is 5.75 Å². The molecule has 4 N–H and O–H groups in total. The Labute approximate surface area is 169 Å². The molecule has 0 aliphatic rings. The Kier molecular flexibility index (Phi) is 8.17. The minimum atomic E-state index is -0.915. The number of benzene rings is 2. The number of hydrogen-bond acceptors (Lipinski definition) is 5. The predicted molar refractivity (Wildman–Crippen MR) is 109 cm³/mol. The molecule has 1 atom stereocenters. The molecule has 8 heteroatoms. The molecular formula is C21H25N3O5. The van der Waals surface area contributed by atoms with Crippen molar-refractivity contribution in [2.75, 3.05) is 19.0 Å². The fourth-order valence-corrected chi connectivity index (χ4v) is 2.62. The molecular weight excluding hydrogens is 374 g/mol. The van der Waals surface area contributed by atoms with Gasteiger partial charge in [-0.1, -0.05) is 37.3 Å². The van der Waals surface area contributed by atoms with Crippen LogP contribution in [-0.4, -0.2) is 42.6 Å². The zero-order valence-electron chi connectivity index (χ0n) is 16.4. The van der Waals surface area contributed by atoms with Crippen LogP contribution in [0.2, 0.25) is 0 Å². The van der Waals surface area contributed by atoms with Gasteiger partial charge < -0.3 is 25.8 Å². The normalized spacial score (nSPS) is 11.3. The predicted octanol–water partition coefficient (Wildman–Crippen LogP) is 1.45. The lowest BCUT2D eigenvalue weighted by Gasteiger charge is -2.15. The van der Waals surface area contributed by atoms with Crippen molar-refractivity contribution in [2.45, 2.75) is 25.9 Å². The van der Waals surface area contributed by atoms with Gasteiger partial charge in [-0.3, -0.25) is 14.4 Å². The van der Waals surface area contributed by atoms with Crippen molar-refractivity contribution in [3.63, 3.8) is 0 Å². The fourth-order valence-electron chi connectivity index (χ4n) is 2.62. The van der Waals surface area contributed by atoms with Crippen molar-refractivity contribution in [1.82, 2.24) is 10.6 Å². The van der Waals surface area contributed by atoms with Crippen LogP contribution in [-0.2, 0) is 16.1 Å². The monoisotopic (exact) mass is 399 g/mol. The summed E-state index contributed by atoms with van der Waals surface area (Å²) < 4.78 is 5.27. The van der Waals surface area contributed by atoms with Gasteiger partial charge in [0.05, 0.1) is 31.0 Å². The molecule has 154 valence electrons. The molecule has 0 fully saturated rings. The van der Waals surface area contributed by atoms with Gasteiger partial charge in [0.25, 0.3) is 5.91 Å². The van der Waals surface area contributed by atoms with E-state index in [4.69, 9.17) is 9.84 Å². The minimum absolute atomic E-state index is 0.210. The van der Waals surface area contributed by atoms with E-state index in [0.717, 1.165) is 5.56 Å². The van der Waals surface area contributed by atoms with E-state index in [-0.39, 0.29) is 24.4 Å². The van der Waals surface area contributed by atoms with Gasteiger partial charge >= 0.3 is 11.8 Å². The summed E-state index contributed by atoms with van der Waals surface area (Å²) in [6, 6.07) is 13.2. The van der Waals surface area contributed by atoms with Gasteiger partial charge in [-0.05, 0) is 24.6 Å². The lowest BCUT2D eigenvalue weighted by atomic mass is 10.1. The molecule has 29 heavy (non-hydrogen) atoms. The highest BCUT2D eigenvalue weighted by Crippen LogP contribution is 2.18. The number of ether oxygens (including phenoxy) is 1. The minimum Gasteiger partial charge on any atom is -0.496 e. The highest BCUT2D eigenvalue weighted by atomic mass is 16.5. The molecule has 0 unspecified atom stereocenters. The third-order valence-electron chi connectivity index (χ3n) is 4.31. The molecule has 2 rings (SSSR count). The average Bonchev–Trinajstić information content (AvgIpc) is 2.76. The number of nitrogens with one attached hydrogen (secondary N) is 3. The molecule has 0 bridgehead atoms. The maximum atomic E-state index is 12.6. The van der Waals surface area contributed by atoms with Gasteiger partial charge in [0.2, 0.25) is 0 Å². The Balaban J connectivity index is 2.06. The zero-order chi connectivity index (χ0) is 21.2. The number of para-hydroxylation sites is 2. The number of rotatable bonds is 8. The van der Waals surface area contributed by atoms with E-state index < -0.39 is 23.8 Å². The largest absolute Gasteiger partial charge is 0.496 e. The van der Waals surface area contributed by atoms with Crippen LogP contribution in [0.5, 0.6) is 5.75 Å². The number of hydrogen-bond donors (Lipinski definition) is 4. The number of aliphatic hydroxyl groups excluding tert-OH is 1. The molecule has 0 heterocycles. The Morgan fingerprint density at radius 3 is 2.41 bits per heavy atom. The standard InChI is InChI=1S/C21H25N3O5/c1-3-15(13-25)23-20(27)21(28)24-17-10-6-5-9-16(17)19(26)22-12-14-8-4-7-11-18(14)29-2/h4-11,15,25H,3,12-13H2,1-2H3,(H,22,26)(H,23,27)(H,24,28)/t15-/m0/s1. The second-order valence-electron chi connectivity index (χ2n) is 6.26. The third-order valence-corrected chi connectivity index (χ3v) is 4.31. The molecule has 0 aliphatic carbocycles. The topological polar surface area (TPSA) is 117 Å². The summed E-state index contributed by atoms with van der Waals surface area (Å²) in [5.74, 6) is -1.55. The number of anilines is 1. The summed E-state index contributed by atoms with van der Waals surface area (Å²) in [6.07, 6.45) is 0.484. The molecule has 2 aromatic rings. The van der Waals surface area contributed by atoms with Gasteiger partial charge in [-0.15, -0.1) is 0 Å². The smallest absolute Gasteiger partial charge is 0.313 e. The van der Waals surface area contributed by atoms with Gasteiger partial charge in [0, 0.05) is 12.1 Å². The van der Waals surface area contributed by atoms with Crippen molar-refractivity contribution in [1.29, 1.82) is 0 Å². The van der Waals surface area contributed by atoms with E-state index >= 15 is 0 Å². The Bertz CT molecular complexity index is 865. The quantitative estimate of drug-likeness (QED) is 0.502. The molecule has 0 spiro atoms. The Morgan fingerprint density at radius 2 is 1.72 bits per heavy atom. The van der Waals surface area contributed by atoms with E-state index in [9.17, 15) is 14.4 Å². The van der Waals surface area contributed by atoms with E-state index in [2.05, 4.69) is 16.0 Å². The maximum absolute atomic E-state index is 12.6. The summed E-state index contributed by atoms with van der Waals surface area (Å²) in [5, 5.41) is 16.8. The zero-order valence-corrected chi connectivity index (χ0v) is 16.4. The summed E-state index contributed by atoms with van der Waals surface area (Å²) in [4.78, 5) is 36.8. The molecule has 8 nitrogen and oxygen atoms in total. The fraction of sp³-hybridized carbons (Fsp3) is 0.286. The van der Waals surface area contributed by atoms with Crippen LogP contribution >= 0.6 is 0 Å². The number of amides is 3. The number of carbonyl (C=O) groups is 3. The molecule has 3 amide bonds. The Hall–Kier alpha value is -3.39. The summed E-state index contributed by atoms with van der Waals surface area (Å²) >= 11 is 0. The molecule has 0 radical (unpaired) electrons. The van der Waals surface area contributed by atoms with E-state index in [0.29, 0.717) is 12.2 Å². The lowest BCUT2D eigenvalue weighted by molar-refractivity contribution is -0.136. The second kappa shape index (κ2) is 10.8. The van der Waals surface area contributed by atoms with E-state index in [1.807, 2.05) is 18.2 Å². The number of aliphatic hydroxyl groups is 1. The SMILES string of the molecule is CC[C@@H](CO)NC(=O)C(=O)Nc1ccccc1C(=O)NCc1ccccc1OC. The summed E-state index contributed by atoms with van der Waals surface area (Å²) in [7, 11) is 1.55. The van der Waals surface area contributed by atoms with E-state index in [1.165, 1.54) is 6.07 Å². The van der Waals surface area contributed by atoms with Crippen LogP contribution in [0.1, 0.15) is 29.3 Å². The van der Waals surface area contributed by atoms with Crippen LogP contribution in [0.15, 0.2) is 48.5 Å². The van der Waals surface area contributed by atoms with Crippen molar-refractivity contribution in [3.05, 3.63) is 59.7 Å². The van der Waals surface area contributed by atoms with Crippen LogP contribution in [0.25, 0.3) is 0 Å². The van der Waals surface area contributed by atoms with Crippen LogP contribution in [0.4, 0.5) is 5.69 Å². The van der Waals surface area contributed by atoms with Crippen molar-refractivity contribution in [2.24, 2.45) is 0 Å². The Morgan fingerprint density at radius 1 is 1.03 bits per heavy atom. The van der Waals surface area contributed by atoms with Crippen LogP contribution < -0.4 is 20.7 Å². The highest BCUT2D eigenvalue weighted by Gasteiger charge is 2.20. The van der Waals surface area contributed by atoms with Gasteiger partial charge in [-0.25, -0.2) is 0 Å². The molecule has 0 aromatic heterocycles. The van der Waals surface area contributed by atoms with Gasteiger partial charge in [-0.2, -0.15) is 0 Å². The van der Waals surface area contributed by atoms with Crippen molar-refractivity contribution < 1.29 is 24.2 Å². The maximum Gasteiger partial charge on any atom is 0.313 e. The summed E-state index contributed by atoms with van der Waals surface area (Å²) in [6.45, 7) is 1.75. The first-order chi connectivity index (χ1) is 14.0. The molecule has 0 saturated heterocycles. The first kappa shape index (κ1) is 21.9. The molecule has 0 saturated carbocycles. The lowest BCUT2D eigenvalue weighted by Crippen LogP contribution is -2.43.